The highest BCUT2D eigenvalue weighted by Crippen LogP contribution is 2.24. The number of carboxylic acids is 1. The maximum atomic E-state index is 13.6. The van der Waals surface area contributed by atoms with Crippen LogP contribution in [0.5, 0.6) is 0 Å². The van der Waals surface area contributed by atoms with Crippen molar-refractivity contribution in [3.63, 3.8) is 0 Å². The highest BCUT2D eigenvalue weighted by Gasteiger charge is 2.36. The second-order valence-corrected chi connectivity index (χ2v) is 16.8. The maximum absolute atomic E-state index is 13.6. The summed E-state index contributed by atoms with van der Waals surface area (Å²) in [5.74, 6) is -2.97. The lowest BCUT2D eigenvalue weighted by Crippen LogP contribution is -2.46. The molecule has 0 bridgehead atoms. The van der Waals surface area contributed by atoms with Crippen LogP contribution in [-0.4, -0.2) is 124 Å². The second kappa shape index (κ2) is 20.5. The fourth-order valence-electron chi connectivity index (χ4n) is 4.37. The molecule has 18 heteroatoms. The molecule has 4 amide bonds. The fourth-order valence-corrected chi connectivity index (χ4v) is 4.37. The third-order valence-electron chi connectivity index (χ3n) is 6.43. The van der Waals surface area contributed by atoms with Gasteiger partial charge in [-0.1, -0.05) is 6.92 Å². The molecular formula is C37H61N5O13. The van der Waals surface area contributed by atoms with Crippen molar-refractivity contribution in [2.45, 2.75) is 126 Å². The Morgan fingerprint density at radius 2 is 1.31 bits per heavy atom. The Hall–Kier alpha value is -4.42. The first kappa shape index (κ1) is 48.6. The van der Waals surface area contributed by atoms with Gasteiger partial charge < -0.3 is 38.4 Å². The Kier molecular flexibility index (Phi) is 18.1. The molecule has 0 saturated heterocycles. The number of hydrogen-bond donors (Lipinski definition) is 1. The normalized spacial score (nSPS) is 13.2. The summed E-state index contributed by atoms with van der Waals surface area (Å²) >= 11 is 0. The number of amides is 4. The molecule has 1 N–H and O–H groups in total. The zero-order chi connectivity index (χ0) is 42.5. The van der Waals surface area contributed by atoms with Gasteiger partial charge in [0, 0.05) is 12.7 Å². The van der Waals surface area contributed by atoms with Gasteiger partial charge in [-0.3, -0.25) is 14.2 Å². The number of anilines is 1. The van der Waals surface area contributed by atoms with Gasteiger partial charge in [-0.2, -0.15) is 14.9 Å². The van der Waals surface area contributed by atoms with Gasteiger partial charge in [0.15, 0.2) is 5.82 Å². The Balaban J connectivity index is 3.52. The average Bonchev–Trinajstić information content (AvgIpc) is 2.95. The van der Waals surface area contributed by atoms with Gasteiger partial charge in [-0.05, 0) is 95.9 Å². The van der Waals surface area contributed by atoms with Gasteiger partial charge in [0.05, 0.1) is 49.9 Å². The average molecular weight is 784 g/mol. The van der Waals surface area contributed by atoms with Gasteiger partial charge in [0.25, 0.3) is 0 Å². The van der Waals surface area contributed by atoms with Gasteiger partial charge in [-0.25, -0.2) is 19.2 Å². The van der Waals surface area contributed by atoms with E-state index in [1.807, 2.05) is 20.8 Å². The van der Waals surface area contributed by atoms with Crippen LogP contribution in [0.15, 0.2) is 16.0 Å². The summed E-state index contributed by atoms with van der Waals surface area (Å²) in [6, 6.07) is 0. The number of carboxylic acid groups (broad SMARTS) is 1. The lowest BCUT2D eigenvalue weighted by atomic mass is 10.1. The minimum absolute atomic E-state index is 0.0390. The molecule has 0 spiro atoms. The number of carbonyl (C=O) groups is 5. The molecule has 1 aromatic rings. The van der Waals surface area contributed by atoms with E-state index in [-0.39, 0.29) is 42.6 Å². The van der Waals surface area contributed by atoms with E-state index in [0.29, 0.717) is 24.7 Å². The SMILES string of the molecule is CC(=NC(=O)OC(C)(C)C)c1cn(CC(=O)N(CC(=O)O)C[C@@H](C)COCCOCCOC(C)(C)C)c(=O)nc1N(C(=O)OC(C)(C)C)C(=O)OC(C)(C)C. The van der Waals surface area contributed by atoms with Crippen LogP contribution in [0.25, 0.3) is 0 Å². The molecule has 0 aliphatic rings. The number of rotatable bonds is 16. The Labute approximate surface area is 323 Å². The van der Waals surface area contributed by atoms with Crippen molar-refractivity contribution in [1.82, 2.24) is 14.5 Å². The van der Waals surface area contributed by atoms with Crippen LogP contribution in [-0.2, 0) is 44.6 Å². The summed E-state index contributed by atoms with van der Waals surface area (Å²) in [7, 11) is 0. The zero-order valence-electron chi connectivity index (χ0n) is 34.9. The van der Waals surface area contributed by atoms with Crippen LogP contribution in [0, 0.1) is 5.92 Å². The monoisotopic (exact) mass is 783 g/mol. The number of ether oxygens (including phenoxy) is 6. The molecular weight excluding hydrogens is 722 g/mol. The highest BCUT2D eigenvalue weighted by molar-refractivity contribution is 6.15. The van der Waals surface area contributed by atoms with E-state index in [2.05, 4.69) is 9.98 Å². The van der Waals surface area contributed by atoms with Crippen LogP contribution in [0.4, 0.5) is 20.2 Å². The fraction of sp³-hybridized carbons (Fsp3) is 0.730. The molecule has 0 saturated carbocycles. The maximum Gasteiger partial charge on any atom is 0.434 e. The number of nitrogens with zero attached hydrogens (tertiary/aromatic N) is 5. The summed E-state index contributed by atoms with van der Waals surface area (Å²) < 4.78 is 33.8. The number of aliphatic imine (C=N–C) groups is 1. The lowest BCUT2D eigenvalue weighted by molar-refractivity contribution is -0.145. The third kappa shape index (κ3) is 20.2. The predicted molar refractivity (Wildman–Crippen MR) is 203 cm³/mol. The minimum Gasteiger partial charge on any atom is -0.480 e. The number of aromatic nitrogens is 2. The molecule has 0 aromatic carbocycles. The van der Waals surface area contributed by atoms with Crippen molar-refractivity contribution in [3.8, 4) is 0 Å². The van der Waals surface area contributed by atoms with E-state index in [0.717, 1.165) is 15.7 Å². The van der Waals surface area contributed by atoms with E-state index < -0.39 is 71.6 Å². The van der Waals surface area contributed by atoms with Crippen LogP contribution >= 0.6 is 0 Å². The molecule has 312 valence electrons. The summed E-state index contributed by atoms with van der Waals surface area (Å²) in [5, 5.41) is 9.59. The molecule has 0 aliphatic heterocycles. The number of aliphatic carboxylic acids is 1. The van der Waals surface area contributed by atoms with Gasteiger partial charge in [0.2, 0.25) is 5.91 Å². The number of imide groups is 1. The molecule has 0 aliphatic carbocycles. The van der Waals surface area contributed by atoms with Gasteiger partial charge in [-0.15, -0.1) is 0 Å². The first-order valence-electron chi connectivity index (χ1n) is 17.9. The summed E-state index contributed by atoms with van der Waals surface area (Å²) in [6.45, 7) is 23.3. The van der Waals surface area contributed by atoms with Crippen LogP contribution in [0.2, 0.25) is 0 Å². The van der Waals surface area contributed by atoms with E-state index in [1.165, 1.54) is 6.92 Å². The lowest BCUT2D eigenvalue weighted by Gasteiger charge is -2.29. The molecule has 1 aromatic heterocycles. The smallest absolute Gasteiger partial charge is 0.434 e. The molecule has 55 heavy (non-hydrogen) atoms. The molecule has 0 unspecified atom stereocenters. The summed E-state index contributed by atoms with van der Waals surface area (Å²) in [4.78, 5) is 88.0. The molecule has 0 radical (unpaired) electrons. The first-order chi connectivity index (χ1) is 25.0. The first-order valence-corrected chi connectivity index (χ1v) is 17.9. The van der Waals surface area contributed by atoms with Gasteiger partial charge >= 0.3 is 29.9 Å². The summed E-state index contributed by atoms with van der Waals surface area (Å²) in [5.41, 5.74) is -4.90. The van der Waals surface area contributed by atoms with Crippen molar-refractivity contribution in [2.75, 3.05) is 51.0 Å². The van der Waals surface area contributed by atoms with Crippen molar-refractivity contribution in [1.29, 1.82) is 0 Å². The number of carbonyl (C=O) groups excluding carboxylic acids is 4. The topological polar surface area (TPSA) is 215 Å². The van der Waals surface area contributed by atoms with E-state index >= 15 is 0 Å². The zero-order valence-corrected chi connectivity index (χ0v) is 34.9. The standard InChI is InChI=1S/C37H61N5O13/c1-24(23-51-16-15-50-17-18-52-34(3,4)5)19-40(22-28(44)45)27(43)21-41-20-26(25(2)38-31(47)53-35(6,7)8)29(39-30(41)46)42(32(48)54-36(9,10)11)33(49)55-37(12,13)14/h20,24H,15-19,21-23H2,1-14H3,(H,44,45)/t24-/m1/s1. The largest absolute Gasteiger partial charge is 0.480 e. The molecule has 1 atom stereocenters. The molecule has 1 rings (SSSR count). The van der Waals surface area contributed by atoms with Crippen molar-refractivity contribution < 1.29 is 57.5 Å². The Morgan fingerprint density at radius 3 is 1.80 bits per heavy atom. The third-order valence-corrected chi connectivity index (χ3v) is 6.43. The highest BCUT2D eigenvalue weighted by atomic mass is 16.6. The van der Waals surface area contributed by atoms with Gasteiger partial charge in [0.1, 0.15) is 29.9 Å². The quantitative estimate of drug-likeness (QED) is 0.132. The summed E-state index contributed by atoms with van der Waals surface area (Å²) in [6.07, 6.45) is -2.46. The van der Waals surface area contributed by atoms with Crippen LogP contribution < -0.4 is 10.6 Å². The molecule has 1 heterocycles. The van der Waals surface area contributed by atoms with Crippen molar-refractivity contribution in [3.05, 3.63) is 22.2 Å². The van der Waals surface area contributed by atoms with Crippen molar-refractivity contribution in [2.24, 2.45) is 10.9 Å². The molecule has 18 nitrogen and oxygen atoms in total. The van der Waals surface area contributed by atoms with Crippen molar-refractivity contribution >= 4 is 41.7 Å². The van der Waals surface area contributed by atoms with Crippen LogP contribution in [0.1, 0.15) is 102 Å². The number of hydrogen-bond acceptors (Lipinski definition) is 13. The minimum atomic E-state index is -1.29. The van der Waals surface area contributed by atoms with E-state index in [9.17, 15) is 33.9 Å². The van der Waals surface area contributed by atoms with E-state index in [4.69, 9.17) is 28.4 Å². The predicted octanol–water partition coefficient (Wildman–Crippen LogP) is 5.06. The Morgan fingerprint density at radius 1 is 0.800 bits per heavy atom. The van der Waals surface area contributed by atoms with E-state index in [1.54, 1.807) is 69.2 Å². The molecule has 0 fully saturated rings. The Bertz CT molecular complexity index is 1550. The van der Waals surface area contributed by atoms with Crippen LogP contribution in [0.3, 0.4) is 0 Å². The second-order valence-electron chi connectivity index (χ2n) is 16.8.